The number of carboxylic acids is 1. The Balaban J connectivity index is 2.00. The fraction of sp³-hybridized carbons (Fsp3) is 0.417. The van der Waals surface area contributed by atoms with Crippen molar-refractivity contribution in [3.05, 3.63) is 35.9 Å². The zero-order chi connectivity index (χ0) is 10.9. The van der Waals surface area contributed by atoms with Crippen LogP contribution in [0.4, 0.5) is 0 Å². The van der Waals surface area contributed by atoms with Crippen LogP contribution in [0, 0.1) is 0 Å². The predicted octanol–water partition coefficient (Wildman–Crippen LogP) is 2.56. The molecule has 0 aromatic heterocycles. The standard InChI is InChI=1S/C12H16O2Se/c13-12(14)8-4-5-9-15-10-11-6-2-1-3-7-11/h1-3,6-7H,4-5,8-10H2,(H,13,14). The van der Waals surface area contributed by atoms with Gasteiger partial charge in [-0.05, 0) is 0 Å². The number of hydrogen-bond acceptors (Lipinski definition) is 1. The molecule has 0 unspecified atom stereocenters. The van der Waals surface area contributed by atoms with E-state index in [1.807, 2.05) is 6.07 Å². The Hall–Kier alpha value is -0.791. The minimum atomic E-state index is -0.675. The summed E-state index contributed by atoms with van der Waals surface area (Å²) in [5.74, 6) is -0.675. The molecule has 0 atom stereocenters. The molecule has 0 heterocycles. The molecule has 0 bridgehead atoms. The SMILES string of the molecule is O=C(O)CCCC[Se]Cc1ccccc1. The topological polar surface area (TPSA) is 37.3 Å². The van der Waals surface area contributed by atoms with Gasteiger partial charge in [-0.3, -0.25) is 0 Å². The van der Waals surface area contributed by atoms with Gasteiger partial charge in [-0.2, -0.15) is 0 Å². The zero-order valence-electron chi connectivity index (χ0n) is 8.69. The van der Waals surface area contributed by atoms with Crippen LogP contribution in [-0.2, 0) is 10.1 Å². The van der Waals surface area contributed by atoms with Gasteiger partial charge in [0.05, 0.1) is 0 Å². The molecule has 82 valence electrons. The molecule has 0 saturated heterocycles. The van der Waals surface area contributed by atoms with Crippen LogP contribution in [0.15, 0.2) is 30.3 Å². The van der Waals surface area contributed by atoms with E-state index < -0.39 is 5.97 Å². The monoisotopic (exact) mass is 272 g/mol. The first kappa shape index (κ1) is 12.3. The van der Waals surface area contributed by atoms with Gasteiger partial charge in [0.1, 0.15) is 0 Å². The second kappa shape index (κ2) is 7.49. The van der Waals surface area contributed by atoms with E-state index in [0.29, 0.717) is 21.4 Å². The molecule has 2 nitrogen and oxygen atoms in total. The fourth-order valence-electron chi connectivity index (χ4n) is 1.24. The number of unbranched alkanes of at least 4 members (excludes halogenated alkanes) is 1. The summed E-state index contributed by atoms with van der Waals surface area (Å²) in [4.78, 5) is 10.3. The average molecular weight is 271 g/mol. The first-order chi connectivity index (χ1) is 7.29. The van der Waals surface area contributed by atoms with E-state index in [9.17, 15) is 4.79 Å². The van der Waals surface area contributed by atoms with Crippen LogP contribution in [0.1, 0.15) is 24.8 Å². The molecule has 1 aromatic carbocycles. The maximum absolute atomic E-state index is 10.3. The summed E-state index contributed by atoms with van der Waals surface area (Å²) in [6, 6.07) is 10.5. The molecule has 3 heteroatoms. The van der Waals surface area contributed by atoms with Gasteiger partial charge < -0.3 is 0 Å². The molecule has 1 N–H and O–H groups in total. The Labute approximate surface area is 96.9 Å². The third-order valence-corrected chi connectivity index (χ3v) is 4.38. The zero-order valence-corrected chi connectivity index (χ0v) is 10.4. The number of hydrogen-bond donors (Lipinski definition) is 1. The van der Waals surface area contributed by atoms with Crippen LogP contribution >= 0.6 is 0 Å². The van der Waals surface area contributed by atoms with Crippen molar-refractivity contribution in [2.75, 3.05) is 0 Å². The molecule has 0 amide bonds. The first-order valence-corrected chi connectivity index (χ1v) is 7.55. The van der Waals surface area contributed by atoms with Crippen LogP contribution < -0.4 is 0 Å². The second-order valence-electron chi connectivity index (χ2n) is 3.39. The molecular weight excluding hydrogens is 255 g/mol. The van der Waals surface area contributed by atoms with Gasteiger partial charge >= 0.3 is 96.6 Å². The summed E-state index contributed by atoms with van der Waals surface area (Å²) in [6.07, 6.45) is 2.20. The van der Waals surface area contributed by atoms with Crippen LogP contribution in [0.2, 0.25) is 5.32 Å². The summed E-state index contributed by atoms with van der Waals surface area (Å²) < 4.78 is 0. The number of rotatable bonds is 7. The molecule has 1 aromatic rings. The molecule has 0 radical (unpaired) electrons. The summed E-state index contributed by atoms with van der Waals surface area (Å²) in [6.45, 7) is 0. The maximum atomic E-state index is 10.3. The second-order valence-corrected chi connectivity index (χ2v) is 5.71. The fourth-order valence-corrected chi connectivity index (χ4v) is 3.30. The Morgan fingerprint density at radius 1 is 1.20 bits per heavy atom. The normalized spacial score (nSPS) is 10.1. The van der Waals surface area contributed by atoms with E-state index in [1.54, 1.807) is 0 Å². The van der Waals surface area contributed by atoms with Crippen molar-refractivity contribution in [1.29, 1.82) is 0 Å². The van der Waals surface area contributed by atoms with Gasteiger partial charge in [-0.25, -0.2) is 0 Å². The van der Waals surface area contributed by atoms with E-state index in [0.717, 1.165) is 12.8 Å². The molecule has 0 fully saturated rings. The van der Waals surface area contributed by atoms with E-state index in [1.165, 1.54) is 16.2 Å². The molecule has 0 spiro atoms. The van der Waals surface area contributed by atoms with Gasteiger partial charge in [0.25, 0.3) is 0 Å². The number of carboxylic acid groups (broad SMARTS) is 1. The number of aliphatic carboxylic acids is 1. The number of benzene rings is 1. The Bertz CT molecular complexity index is 285. The van der Waals surface area contributed by atoms with Gasteiger partial charge in [0.2, 0.25) is 0 Å². The van der Waals surface area contributed by atoms with Crippen LogP contribution in [0.25, 0.3) is 0 Å². The van der Waals surface area contributed by atoms with Crippen molar-refractivity contribution >= 4 is 20.9 Å². The van der Waals surface area contributed by atoms with Crippen LogP contribution in [-0.4, -0.2) is 26.0 Å². The molecule has 15 heavy (non-hydrogen) atoms. The van der Waals surface area contributed by atoms with Gasteiger partial charge in [-0.15, -0.1) is 0 Å². The molecule has 0 saturated carbocycles. The summed E-state index contributed by atoms with van der Waals surface area (Å²) in [7, 11) is 0. The van der Waals surface area contributed by atoms with Gasteiger partial charge in [-0.1, -0.05) is 0 Å². The summed E-state index contributed by atoms with van der Waals surface area (Å²) in [5.41, 5.74) is 1.40. The molecule has 1 rings (SSSR count). The Kier molecular flexibility index (Phi) is 6.14. The first-order valence-electron chi connectivity index (χ1n) is 5.12. The van der Waals surface area contributed by atoms with Crippen molar-refractivity contribution in [1.82, 2.24) is 0 Å². The molecule has 0 aliphatic rings. The van der Waals surface area contributed by atoms with E-state index in [-0.39, 0.29) is 0 Å². The summed E-state index contributed by atoms with van der Waals surface area (Å²) >= 11 is 0.625. The van der Waals surface area contributed by atoms with Crippen molar-refractivity contribution in [2.45, 2.75) is 29.9 Å². The van der Waals surface area contributed by atoms with Gasteiger partial charge in [0, 0.05) is 0 Å². The molecular formula is C12H16O2Se. The van der Waals surface area contributed by atoms with Gasteiger partial charge in [0.15, 0.2) is 0 Å². The predicted molar refractivity (Wildman–Crippen MR) is 62.2 cm³/mol. The van der Waals surface area contributed by atoms with E-state index >= 15 is 0 Å². The van der Waals surface area contributed by atoms with Crippen molar-refractivity contribution in [3.8, 4) is 0 Å². The minimum absolute atomic E-state index is 0.321. The molecule has 0 aliphatic carbocycles. The van der Waals surface area contributed by atoms with Crippen LogP contribution in [0.3, 0.4) is 0 Å². The average Bonchev–Trinajstić information content (AvgIpc) is 2.24. The third-order valence-electron chi connectivity index (χ3n) is 2.04. The Morgan fingerprint density at radius 2 is 1.93 bits per heavy atom. The quantitative estimate of drug-likeness (QED) is 0.611. The Morgan fingerprint density at radius 3 is 2.60 bits per heavy atom. The number of carbonyl (C=O) groups is 1. The van der Waals surface area contributed by atoms with E-state index in [2.05, 4.69) is 24.3 Å². The van der Waals surface area contributed by atoms with Crippen molar-refractivity contribution < 1.29 is 9.90 Å². The van der Waals surface area contributed by atoms with Crippen LogP contribution in [0.5, 0.6) is 0 Å². The van der Waals surface area contributed by atoms with Crippen molar-refractivity contribution in [2.24, 2.45) is 0 Å². The third kappa shape index (κ3) is 6.32. The van der Waals surface area contributed by atoms with Crippen molar-refractivity contribution in [3.63, 3.8) is 0 Å². The van der Waals surface area contributed by atoms with E-state index in [4.69, 9.17) is 5.11 Å². The molecule has 0 aliphatic heterocycles. The summed E-state index contributed by atoms with van der Waals surface area (Å²) in [5, 5.41) is 10.8.